The van der Waals surface area contributed by atoms with Gasteiger partial charge in [-0.05, 0) is 28.5 Å². The largest absolute Gasteiger partial charge is 0.507 e. The van der Waals surface area contributed by atoms with Crippen LogP contribution < -0.4 is 5.43 Å². The molecule has 2 heterocycles. The summed E-state index contributed by atoms with van der Waals surface area (Å²) < 4.78 is 1.82. The zero-order valence-corrected chi connectivity index (χ0v) is 14.4. The van der Waals surface area contributed by atoms with E-state index < -0.39 is 0 Å². The summed E-state index contributed by atoms with van der Waals surface area (Å²) in [6.07, 6.45) is 0. The van der Waals surface area contributed by atoms with Crippen LogP contribution in [0, 0.1) is 0 Å². The number of phenolic OH excluding ortho intramolecular Hbond substituents is 1. The van der Waals surface area contributed by atoms with E-state index >= 15 is 0 Å². The summed E-state index contributed by atoms with van der Waals surface area (Å²) in [7, 11) is 0. The van der Waals surface area contributed by atoms with Gasteiger partial charge in [-0.3, -0.25) is 5.43 Å². The quantitative estimate of drug-likeness (QED) is 0.554. The summed E-state index contributed by atoms with van der Waals surface area (Å²) in [5.41, 5.74) is 6.04. The average Bonchev–Trinajstić information content (AvgIpc) is 3.11. The number of aromatic nitrogens is 3. The molecular weight excluding hydrogens is 344 g/mol. The first-order valence-corrected chi connectivity index (χ1v) is 9.04. The second kappa shape index (κ2) is 5.93. The van der Waals surface area contributed by atoms with Crippen molar-refractivity contribution in [3.63, 3.8) is 0 Å². The predicted molar refractivity (Wildman–Crippen MR) is 104 cm³/mol. The number of aromatic hydroxyl groups is 1. The highest BCUT2D eigenvalue weighted by atomic mass is 32.2. The van der Waals surface area contributed by atoms with Gasteiger partial charge in [-0.1, -0.05) is 66.4 Å². The van der Waals surface area contributed by atoms with E-state index in [0.717, 1.165) is 27.2 Å². The SMILES string of the molecule is Oc1cc2ccccc2cc1-c1nnc2n1NC(c1ccccc1)=CS2. The highest BCUT2D eigenvalue weighted by Crippen LogP contribution is 2.36. The number of benzene rings is 3. The first-order chi connectivity index (χ1) is 12.8. The van der Waals surface area contributed by atoms with Crippen LogP contribution in [0.4, 0.5) is 0 Å². The van der Waals surface area contributed by atoms with E-state index in [4.69, 9.17) is 0 Å². The molecule has 0 saturated carbocycles. The predicted octanol–water partition coefficient (Wildman–Crippen LogP) is 4.45. The van der Waals surface area contributed by atoms with Crippen molar-refractivity contribution < 1.29 is 5.11 Å². The monoisotopic (exact) mass is 358 g/mol. The minimum absolute atomic E-state index is 0.182. The maximum Gasteiger partial charge on any atom is 0.214 e. The van der Waals surface area contributed by atoms with Crippen LogP contribution in [0.15, 0.2) is 77.3 Å². The van der Waals surface area contributed by atoms with Crippen molar-refractivity contribution in [3.8, 4) is 17.1 Å². The Balaban J connectivity index is 1.60. The summed E-state index contributed by atoms with van der Waals surface area (Å²) in [5, 5.41) is 23.8. The molecule has 0 spiro atoms. The van der Waals surface area contributed by atoms with E-state index in [0.29, 0.717) is 11.4 Å². The molecule has 126 valence electrons. The van der Waals surface area contributed by atoms with Crippen molar-refractivity contribution in [2.75, 3.05) is 5.43 Å². The first-order valence-electron chi connectivity index (χ1n) is 8.16. The number of hydrogen-bond acceptors (Lipinski definition) is 5. The molecule has 0 saturated heterocycles. The summed E-state index contributed by atoms with van der Waals surface area (Å²) in [5.74, 6) is 0.763. The van der Waals surface area contributed by atoms with E-state index in [9.17, 15) is 5.11 Å². The van der Waals surface area contributed by atoms with E-state index in [-0.39, 0.29) is 5.75 Å². The lowest BCUT2D eigenvalue weighted by molar-refractivity contribution is 0.477. The Labute approximate surface area is 154 Å². The Morgan fingerprint density at radius 3 is 2.42 bits per heavy atom. The lowest BCUT2D eigenvalue weighted by Crippen LogP contribution is -2.18. The zero-order chi connectivity index (χ0) is 17.5. The average molecular weight is 358 g/mol. The summed E-state index contributed by atoms with van der Waals surface area (Å²) in [6, 6.07) is 21.7. The van der Waals surface area contributed by atoms with E-state index in [1.165, 1.54) is 11.8 Å². The summed E-state index contributed by atoms with van der Waals surface area (Å²) in [4.78, 5) is 0. The molecule has 26 heavy (non-hydrogen) atoms. The van der Waals surface area contributed by atoms with Crippen molar-refractivity contribution in [1.82, 2.24) is 14.9 Å². The standard InChI is InChI=1S/C20H14N4OS/c25-18-11-15-9-5-4-8-14(15)10-16(18)19-21-22-20-24(19)23-17(12-26-20)13-6-2-1-3-7-13/h1-12,23,25H. The zero-order valence-electron chi connectivity index (χ0n) is 13.6. The van der Waals surface area contributed by atoms with Gasteiger partial charge in [0, 0.05) is 5.41 Å². The topological polar surface area (TPSA) is 63.0 Å². The maximum atomic E-state index is 10.5. The Kier molecular flexibility index (Phi) is 3.43. The molecule has 0 atom stereocenters. The molecule has 2 N–H and O–H groups in total. The van der Waals surface area contributed by atoms with Gasteiger partial charge >= 0.3 is 0 Å². The Morgan fingerprint density at radius 2 is 1.62 bits per heavy atom. The molecule has 0 fully saturated rings. The highest BCUT2D eigenvalue weighted by Gasteiger charge is 2.21. The molecule has 1 aliphatic heterocycles. The van der Waals surface area contributed by atoms with Gasteiger partial charge in [0.15, 0.2) is 5.82 Å². The number of hydrogen-bond donors (Lipinski definition) is 2. The molecule has 3 aromatic carbocycles. The third-order valence-corrected chi connectivity index (χ3v) is 5.17. The number of phenols is 1. The van der Waals surface area contributed by atoms with E-state index in [2.05, 4.69) is 15.6 Å². The van der Waals surface area contributed by atoms with Gasteiger partial charge in [-0.25, -0.2) is 4.68 Å². The van der Waals surface area contributed by atoms with Gasteiger partial charge in [-0.15, -0.1) is 10.2 Å². The summed E-state index contributed by atoms with van der Waals surface area (Å²) >= 11 is 1.50. The molecule has 5 nitrogen and oxygen atoms in total. The van der Waals surface area contributed by atoms with Crippen molar-refractivity contribution in [2.24, 2.45) is 0 Å². The molecule has 0 bridgehead atoms. The normalized spacial score (nSPS) is 13.2. The molecular formula is C20H14N4OS. The Morgan fingerprint density at radius 1 is 0.885 bits per heavy atom. The molecule has 0 aliphatic carbocycles. The Hall–Kier alpha value is -3.25. The summed E-state index contributed by atoms with van der Waals surface area (Å²) in [6.45, 7) is 0. The Bertz CT molecular complexity index is 1150. The van der Waals surface area contributed by atoms with Gasteiger partial charge in [0.2, 0.25) is 5.16 Å². The molecule has 1 aromatic heterocycles. The van der Waals surface area contributed by atoms with Crippen molar-refractivity contribution >= 4 is 28.2 Å². The second-order valence-electron chi connectivity index (χ2n) is 5.99. The van der Waals surface area contributed by atoms with Gasteiger partial charge in [0.05, 0.1) is 11.3 Å². The van der Waals surface area contributed by atoms with Crippen LogP contribution in [0.2, 0.25) is 0 Å². The third-order valence-electron chi connectivity index (χ3n) is 4.34. The third kappa shape index (κ3) is 2.43. The van der Waals surface area contributed by atoms with Gasteiger partial charge < -0.3 is 5.11 Å². The number of thioether (sulfide) groups is 1. The fraction of sp³-hybridized carbons (Fsp3) is 0. The van der Waals surface area contributed by atoms with Crippen molar-refractivity contribution in [3.05, 3.63) is 77.7 Å². The van der Waals surface area contributed by atoms with Crippen LogP contribution >= 0.6 is 11.8 Å². The molecule has 4 aromatic rings. The first kappa shape index (κ1) is 15.0. The van der Waals surface area contributed by atoms with Crippen LogP contribution in [0.3, 0.4) is 0 Å². The smallest absolute Gasteiger partial charge is 0.214 e. The number of fused-ring (bicyclic) bond motifs is 2. The lowest BCUT2D eigenvalue weighted by Gasteiger charge is -2.19. The molecule has 5 rings (SSSR count). The van der Waals surface area contributed by atoms with Gasteiger partial charge in [0.1, 0.15) is 5.75 Å². The van der Waals surface area contributed by atoms with Crippen molar-refractivity contribution in [1.29, 1.82) is 0 Å². The minimum atomic E-state index is 0.182. The maximum absolute atomic E-state index is 10.5. The van der Waals surface area contributed by atoms with Crippen LogP contribution in [-0.2, 0) is 0 Å². The van der Waals surface area contributed by atoms with Gasteiger partial charge in [0.25, 0.3) is 0 Å². The molecule has 0 radical (unpaired) electrons. The van der Waals surface area contributed by atoms with Crippen LogP contribution in [0.1, 0.15) is 5.56 Å². The van der Waals surface area contributed by atoms with Crippen LogP contribution in [-0.4, -0.2) is 20.0 Å². The molecule has 0 amide bonds. The minimum Gasteiger partial charge on any atom is -0.507 e. The second-order valence-corrected chi connectivity index (χ2v) is 6.82. The fourth-order valence-electron chi connectivity index (χ4n) is 3.04. The number of nitrogens with one attached hydrogen (secondary N) is 1. The highest BCUT2D eigenvalue weighted by molar-refractivity contribution is 8.02. The fourth-order valence-corrected chi connectivity index (χ4v) is 3.78. The van der Waals surface area contributed by atoms with E-state index in [1.807, 2.05) is 70.7 Å². The van der Waals surface area contributed by atoms with Crippen LogP contribution in [0.5, 0.6) is 5.75 Å². The number of rotatable bonds is 2. The van der Waals surface area contributed by atoms with Gasteiger partial charge in [-0.2, -0.15) is 0 Å². The molecule has 1 aliphatic rings. The van der Waals surface area contributed by atoms with Crippen LogP contribution in [0.25, 0.3) is 27.9 Å². The van der Waals surface area contributed by atoms with Crippen molar-refractivity contribution in [2.45, 2.75) is 5.16 Å². The lowest BCUT2D eigenvalue weighted by atomic mass is 10.1. The molecule has 0 unspecified atom stereocenters. The van der Waals surface area contributed by atoms with E-state index in [1.54, 1.807) is 6.07 Å². The number of nitrogens with zero attached hydrogens (tertiary/aromatic N) is 3. The molecule has 6 heteroatoms.